The second kappa shape index (κ2) is 25.5. The van der Waals surface area contributed by atoms with Crippen molar-refractivity contribution in [2.75, 3.05) is 37.6 Å². The van der Waals surface area contributed by atoms with Crippen LogP contribution in [0.5, 0.6) is 34.5 Å². The zero-order valence-corrected chi connectivity index (χ0v) is 46.7. The highest BCUT2D eigenvalue weighted by atomic mass is 35.5. The number of ether oxygens (including phenoxy) is 5. The van der Waals surface area contributed by atoms with E-state index in [1.165, 1.54) is 12.7 Å². The summed E-state index contributed by atoms with van der Waals surface area (Å²) in [5, 5.41) is 14.8. The predicted molar refractivity (Wildman–Crippen MR) is 319 cm³/mol. The minimum Gasteiger partial charge on any atom is -0.489 e. The lowest BCUT2D eigenvalue weighted by atomic mass is 10.1. The number of benzene rings is 6. The van der Waals surface area contributed by atoms with Gasteiger partial charge in [0.15, 0.2) is 11.3 Å². The lowest BCUT2D eigenvalue weighted by Crippen LogP contribution is -2.43. The lowest BCUT2D eigenvalue weighted by molar-refractivity contribution is 0.0169. The number of hydrogen-bond acceptors (Lipinski definition) is 15. The highest BCUT2D eigenvalue weighted by molar-refractivity contribution is 5.99. The summed E-state index contributed by atoms with van der Waals surface area (Å²) in [5.41, 5.74) is 18.9. The average molecular weight is 1120 g/mol. The Labute approximate surface area is 481 Å². The highest BCUT2D eigenvalue weighted by Crippen LogP contribution is 2.37. The molecule has 1 amide bonds. The number of nitrogens with two attached hydrogens (primary N) is 2. The van der Waals surface area contributed by atoms with Crippen LogP contribution >= 0.6 is 12.4 Å². The molecular weight excluding hydrogens is 1060 g/mol. The standard InChI is InChI=1S/C34H36N6O4.C29H28N6O2.ClH/c1-34(2,3)44-33(41)39-18-8-11-25(20-39)40-32-29(31(35)36-22-37-32)30(38-40)24-14-16-26(17-15-24)43-28-13-7-12-27(19-28)42-21-23-9-5-4-6-10-23;30-28-26-27(34-35(29(26)33-19-32-28)22-8-5-15-31-17-22)21-11-13-23(14-12-21)37-25-10-4-9-24(16-25)36-18-20-6-2-1-3-7-20;/h4-7,9-10,12-17,19,22,25H,8,11,18,20-21H2,1-3H3,(H2,35,36,37);1-4,6-7,9-14,16,19,22,31H,5,8,15,17-18H2,(H2,30,32,33);1H/t25-;22-;/m11./s1. The maximum atomic E-state index is 12.8. The molecule has 10 aromatic rings. The van der Waals surface area contributed by atoms with Gasteiger partial charge in [0, 0.05) is 42.9 Å². The molecule has 0 saturated carbocycles. The summed E-state index contributed by atoms with van der Waals surface area (Å²) in [4.78, 5) is 32.1. The van der Waals surface area contributed by atoms with Crippen LogP contribution in [0.15, 0.2) is 170 Å². The molecule has 2 atom stereocenters. The van der Waals surface area contributed by atoms with Gasteiger partial charge in [0.2, 0.25) is 0 Å². The number of carbonyl (C=O) groups excluding carboxylic acids is 1. The molecule has 18 nitrogen and oxygen atoms in total. The van der Waals surface area contributed by atoms with Crippen molar-refractivity contribution in [3.63, 3.8) is 0 Å². The van der Waals surface area contributed by atoms with E-state index in [-0.39, 0.29) is 30.6 Å². The summed E-state index contributed by atoms with van der Waals surface area (Å²) in [5.74, 6) is 5.02. The van der Waals surface area contributed by atoms with E-state index in [1.54, 1.807) is 4.90 Å². The first-order valence-corrected chi connectivity index (χ1v) is 27.2. The molecule has 2 saturated heterocycles. The third-order valence-corrected chi connectivity index (χ3v) is 13.9. The number of likely N-dealkylation sites (tertiary alicyclic amines) is 1. The van der Waals surface area contributed by atoms with Crippen LogP contribution in [-0.2, 0) is 18.0 Å². The molecule has 19 heteroatoms. The number of fused-ring (bicyclic) bond motifs is 2. The number of nitrogen functional groups attached to an aromatic ring is 2. The molecule has 2 fully saturated rings. The Morgan fingerprint density at radius 1 is 0.573 bits per heavy atom. The minimum atomic E-state index is -0.563. The Balaban J connectivity index is 0.000000184. The number of aromatic nitrogens is 8. The molecule has 0 unspecified atom stereocenters. The first-order chi connectivity index (χ1) is 39.5. The van der Waals surface area contributed by atoms with E-state index in [2.05, 4.69) is 25.3 Å². The maximum Gasteiger partial charge on any atom is 0.410 e. The van der Waals surface area contributed by atoms with Gasteiger partial charge in [-0.05, 0) is 137 Å². The van der Waals surface area contributed by atoms with E-state index in [0.29, 0.717) is 77.7 Å². The van der Waals surface area contributed by atoms with Crippen molar-refractivity contribution in [2.24, 2.45) is 0 Å². The van der Waals surface area contributed by atoms with Crippen LogP contribution in [-0.4, -0.2) is 82.3 Å². The van der Waals surface area contributed by atoms with Crippen LogP contribution in [0.4, 0.5) is 16.4 Å². The topological polar surface area (TPSA) is 218 Å². The Morgan fingerprint density at radius 2 is 1.05 bits per heavy atom. The van der Waals surface area contributed by atoms with Gasteiger partial charge in [-0.3, -0.25) is 0 Å². The number of amides is 1. The molecule has 0 radical (unpaired) electrons. The number of nitrogens with one attached hydrogen (secondary N) is 1. The molecule has 420 valence electrons. The number of rotatable bonds is 14. The van der Waals surface area contributed by atoms with E-state index in [0.717, 1.165) is 89.3 Å². The fraction of sp³-hybridized carbons (Fsp3) is 0.254. The van der Waals surface area contributed by atoms with Crippen LogP contribution in [0.3, 0.4) is 0 Å². The summed E-state index contributed by atoms with van der Waals surface area (Å²) in [6, 6.07) is 51.0. The number of nitrogens with zero attached hydrogens (tertiary/aromatic N) is 9. The SMILES string of the molecule is CC(C)(C)OC(=O)N1CCC[C@@H](n2nc(-c3ccc(Oc4cccc(OCc5ccccc5)c4)cc3)c3c(N)ncnc32)C1.Cl.Nc1ncnc2c1c(-c1ccc(Oc3cccc(OCc4ccccc4)c3)cc1)nn2[C@@H]1CCCNC1. The van der Waals surface area contributed by atoms with E-state index in [9.17, 15) is 4.79 Å². The molecule has 0 aliphatic carbocycles. The Bertz CT molecular complexity index is 3740. The van der Waals surface area contributed by atoms with Gasteiger partial charge >= 0.3 is 6.09 Å². The normalized spacial score (nSPS) is 15.2. The Morgan fingerprint density at radius 3 is 1.52 bits per heavy atom. The minimum absolute atomic E-state index is 0. The van der Waals surface area contributed by atoms with Gasteiger partial charge in [-0.1, -0.05) is 72.8 Å². The van der Waals surface area contributed by atoms with Gasteiger partial charge in [-0.15, -0.1) is 12.4 Å². The third-order valence-electron chi connectivity index (χ3n) is 13.9. The monoisotopic (exact) mass is 1120 g/mol. The molecule has 12 rings (SSSR count). The van der Waals surface area contributed by atoms with Gasteiger partial charge in [0.05, 0.1) is 22.9 Å². The van der Waals surface area contributed by atoms with Gasteiger partial charge in [-0.25, -0.2) is 34.1 Å². The number of halogens is 1. The predicted octanol–water partition coefficient (Wildman–Crippen LogP) is 12.8. The van der Waals surface area contributed by atoms with Crippen molar-refractivity contribution >= 4 is 52.2 Å². The molecule has 6 aromatic carbocycles. The molecule has 0 bridgehead atoms. The zero-order chi connectivity index (χ0) is 55.7. The lowest BCUT2D eigenvalue weighted by Gasteiger charge is -2.34. The Hall–Kier alpha value is -9.26. The van der Waals surface area contributed by atoms with Crippen molar-refractivity contribution < 1.29 is 28.5 Å². The van der Waals surface area contributed by atoms with Crippen molar-refractivity contribution in [3.8, 4) is 57.0 Å². The van der Waals surface area contributed by atoms with Crippen molar-refractivity contribution in [1.29, 1.82) is 0 Å². The number of hydrogen-bond donors (Lipinski definition) is 3. The highest BCUT2D eigenvalue weighted by Gasteiger charge is 2.31. The van der Waals surface area contributed by atoms with Crippen LogP contribution < -0.4 is 35.7 Å². The fourth-order valence-corrected chi connectivity index (χ4v) is 9.96. The number of piperidine rings is 2. The van der Waals surface area contributed by atoms with Crippen molar-refractivity contribution in [1.82, 2.24) is 49.7 Å². The quantitative estimate of drug-likeness (QED) is 0.0922. The van der Waals surface area contributed by atoms with E-state index in [1.807, 2.05) is 188 Å². The summed E-state index contributed by atoms with van der Waals surface area (Å²) in [6.07, 6.45) is 6.46. The first kappa shape index (κ1) is 56.0. The van der Waals surface area contributed by atoms with Gasteiger partial charge in [0.25, 0.3) is 0 Å². The van der Waals surface area contributed by atoms with E-state index >= 15 is 0 Å². The van der Waals surface area contributed by atoms with Crippen molar-refractivity contribution in [2.45, 2.75) is 77.4 Å². The fourth-order valence-electron chi connectivity index (χ4n) is 9.96. The molecule has 82 heavy (non-hydrogen) atoms. The first-order valence-electron chi connectivity index (χ1n) is 27.2. The van der Waals surface area contributed by atoms with Crippen LogP contribution in [0.2, 0.25) is 0 Å². The maximum absolute atomic E-state index is 12.8. The van der Waals surface area contributed by atoms with Gasteiger partial charge in [-0.2, -0.15) is 10.2 Å². The summed E-state index contributed by atoms with van der Waals surface area (Å²) in [6.45, 7) is 9.59. The summed E-state index contributed by atoms with van der Waals surface area (Å²) < 4.78 is 33.6. The van der Waals surface area contributed by atoms with Crippen molar-refractivity contribution in [3.05, 3.63) is 182 Å². The van der Waals surface area contributed by atoms with Crippen LogP contribution in [0.25, 0.3) is 44.6 Å². The zero-order valence-electron chi connectivity index (χ0n) is 45.9. The van der Waals surface area contributed by atoms with Gasteiger partial charge < -0.3 is 45.4 Å². The van der Waals surface area contributed by atoms with Crippen LogP contribution in [0, 0.1) is 0 Å². The number of anilines is 2. The van der Waals surface area contributed by atoms with Crippen LogP contribution in [0.1, 0.15) is 69.7 Å². The molecule has 6 heterocycles. The third kappa shape index (κ3) is 13.5. The largest absolute Gasteiger partial charge is 0.489 e. The molecular formula is C63H65ClN12O6. The summed E-state index contributed by atoms with van der Waals surface area (Å²) in [7, 11) is 0. The smallest absolute Gasteiger partial charge is 0.410 e. The molecule has 4 aromatic heterocycles. The van der Waals surface area contributed by atoms with Gasteiger partial charge in [0.1, 0.15) is 89.0 Å². The second-order valence-electron chi connectivity index (χ2n) is 21.0. The molecule has 2 aliphatic rings. The van der Waals surface area contributed by atoms with E-state index in [4.69, 9.17) is 45.3 Å². The second-order valence-corrected chi connectivity index (χ2v) is 21.0. The Kier molecular flexibility index (Phi) is 17.4. The molecule has 0 spiro atoms. The summed E-state index contributed by atoms with van der Waals surface area (Å²) >= 11 is 0. The molecule has 2 aliphatic heterocycles. The molecule has 5 N–H and O–H groups in total. The average Bonchev–Trinajstić information content (AvgIpc) is 4.26. The van der Waals surface area contributed by atoms with E-state index < -0.39 is 5.60 Å². The number of carbonyl (C=O) groups is 1.